The van der Waals surface area contributed by atoms with Crippen molar-refractivity contribution in [1.29, 1.82) is 0 Å². The number of nitrogens with one attached hydrogen (secondary N) is 1. The number of carbonyl (C=O) groups is 1. The van der Waals surface area contributed by atoms with Gasteiger partial charge in [-0.25, -0.2) is 0 Å². The molecule has 0 atom stereocenters. The molecule has 1 aromatic carbocycles. The second kappa shape index (κ2) is 6.80. The monoisotopic (exact) mass is 268 g/mol. The first-order chi connectivity index (χ1) is 7.41. The molecule has 0 saturated heterocycles. The zero-order chi connectivity index (χ0) is 12.3. The van der Waals surface area contributed by atoms with Crippen molar-refractivity contribution in [1.82, 2.24) is 0 Å². The summed E-state index contributed by atoms with van der Waals surface area (Å²) in [4.78, 5) is 20.5. The number of nitrogens with zero attached hydrogens (tertiary/aromatic N) is 1. The molecule has 0 bridgehead atoms. The normalized spacial score (nSPS) is 9.29. The molecule has 8 heteroatoms. The molecule has 88 valence electrons. The van der Waals surface area contributed by atoms with Crippen LogP contribution in [0, 0.1) is 17.0 Å². The number of carboxylic acids is 1. The quantitative estimate of drug-likeness (QED) is 0.422. The first kappa shape index (κ1) is 16.2. The van der Waals surface area contributed by atoms with Crippen molar-refractivity contribution >= 4 is 28.9 Å². The summed E-state index contributed by atoms with van der Waals surface area (Å²) in [6, 6.07) is 2.64. The predicted molar refractivity (Wildman–Crippen MR) is 60.1 cm³/mol. The van der Waals surface area contributed by atoms with Gasteiger partial charge in [0.15, 0.2) is 0 Å². The van der Waals surface area contributed by atoms with E-state index in [0.29, 0.717) is 10.6 Å². The molecule has 0 aliphatic heterocycles. The largest absolute Gasteiger partial charge is 1.00 e. The summed E-state index contributed by atoms with van der Waals surface area (Å²) in [5.74, 6) is -1.11. The number of nitro benzene ring substituents is 1. The topological polar surface area (TPSA) is 92.5 Å². The van der Waals surface area contributed by atoms with E-state index in [2.05, 4.69) is 5.32 Å². The van der Waals surface area contributed by atoms with Crippen molar-refractivity contribution in [3.63, 3.8) is 0 Å². The molecule has 1 aromatic rings. The van der Waals surface area contributed by atoms with Gasteiger partial charge >= 0.3 is 35.5 Å². The second-order valence-electron chi connectivity index (χ2n) is 3.12. The third kappa shape index (κ3) is 4.51. The van der Waals surface area contributed by atoms with Gasteiger partial charge in [-0.05, 0) is 18.6 Å². The summed E-state index contributed by atoms with van der Waals surface area (Å²) in [6.07, 6.45) is 0. The van der Waals surface area contributed by atoms with Gasteiger partial charge in [0, 0.05) is 11.1 Å². The number of hydrogen-bond donors (Lipinski definition) is 2. The minimum atomic E-state index is -1.11. The van der Waals surface area contributed by atoms with E-state index in [0.717, 1.165) is 0 Å². The van der Waals surface area contributed by atoms with Gasteiger partial charge in [-0.1, -0.05) is 11.6 Å². The Hall–Kier alpha value is -0.820. The van der Waals surface area contributed by atoms with Crippen LogP contribution in [0.4, 0.5) is 11.4 Å². The smallest absolute Gasteiger partial charge is 1.00 e. The molecular weight excluding hydrogens is 259 g/mol. The third-order valence-corrected chi connectivity index (χ3v) is 2.31. The molecule has 0 spiro atoms. The van der Waals surface area contributed by atoms with E-state index in [-0.39, 0.29) is 42.4 Å². The molecule has 0 radical (unpaired) electrons. The van der Waals surface area contributed by atoms with Gasteiger partial charge in [0.1, 0.15) is 12.2 Å². The number of halogens is 1. The summed E-state index contributed by atoms with van der Waals surface area (Å²) < 4.78 is 0. The average molecular weight is 269 g/mol. The van der Waals surface area contributed by atoms with E-state index < -0.39 is 17.4 Å². The van der Waals surface area contributed by atoms with E-state index in [4.69, 9.17) is 16.7 Å². The molecule has 0 aliphatic rings. The molecule has 6 nitrogen and oxygen atoms in total. The van der Waals surface area contributed by atoms with Crippen LogP contribution in [0.25, 0.3) is 0 Å². The van der Waals surface area contributed by atoms with Gasteiger partial charge < -0.3 is 11.8 Å². The Kier molecular flexibility index (Phi) is 6.48. The van der Waals surface area contributed by atoms with Gasteiger partial charge in [-0.2, -0.15) is 0 Å². The van der Waals surface area contributed by atoms with Crippen LogP contribution in [0.3, 0.4) is 0 Å². The van der Waals surface area contributed by atoms with E-state index in [1.807, 2.05) is 0 Å². The summed E-state index contributed by atoms with van der Waals surface area (Å²) >= 11 is 5.80. The van der Waals surface area contributed by atoms with Gasteiger partial charge in [-0.3, -0.25) is 14.9 Å². The molecule has 0 saturated carbocycles. The zero-order valence-corrected chi connectivity index (χ0v) is 12.1. The fourth-order valence-electron chi connectivity index (χ4n) is 1.13. The SMILES string of the molecule is Cc1cc([N+](=O)[O-])c(NCC(=O)O)cc1Cl.[H-].[Na+]. The van der Waals surface area contributed by atoms with Crippen molar-refractivity contribution in [2.45, 2.75) is 6.92 Å². The fourth-order valence-corrected chi connectivity index (χ4v) is 1.29. The Morgan fingerprint density at radius 2 is 2.24 bits per heavy atom. The number of aliphatic carboxylic acids is 1. The van der Waals surface area contributed by atoms with Crippen LogP contribution in [0.1, 0.15) is 6.99 Å². The maximum Gasteiger partial charge on any atom is 1.00 e. The Labute approximate surface area is 126 Å². The van der Waals surface area contributed by atoms with E-state index in [1.54, 1.807) is 6.92 Å². The Bertz CT molecular complexity index is 458. The van der Waals surface area contributed by atoms with Crippen molar-refractivity contribution < 1.29 is 45.8 Å². The molecule has 0 heterocycles. The molecule has 0 aliphatic carbocycles. The average Bonchev–Trinajstić information content (AvgIpc) is 2.18. The molecule has 0 amide bonds. The summed E-state index contributed by atoms with van der Waals surface area (Å²) in [7, 11) is 0. The van der Waals surface area contributed by atoms with Crippen LogP contribution in [-0.2, 0) is 4.79 Å². The van der Waals surface area contributed by atoms with E-state index in [1.165, 1.54) is 12.1 Å². The zero-order valence-electron chi connectivity index (χ0n) is 10.4. The van der Waals surface area contributed by atoms with Crippen molar-refractivity contribution in [2.24, 2.45) is 0 Å². The van der Waals surface area contributed by atoms with Crippen molar-refractivity contribution in [3.8, 4) is 0 Å². The Morgan fingerprint density at radius 3 is 2.71 bits per heavy atom. The van der Waals surface area contributed by atoms with Crippen LogP contribution in [0.5, 0.6) is 0 Å². The molecule has 2 N–H and O–H groups in total. The number of hydrogen-bond acceptors (Lipinski definition) is 4. The minimum Gasteiger partial charge on any atom is -1.00 e. The Morgan fingerprint density at radius 1 is 1.65 bits per heavy atom. The fraction of sp³-hybridized carbons (Fsp3) is 0.222. The molecular formula is C9H10ClN2NaO4. The van der Waals surface area contributed by atoms with Crippen LogP contribution >= 0.6 is 11.6 Å². The number of aryl methyl sites for hydroxylation is 1. The number of nitro groups is 1. The predicted octanol–water partition coefficient (Wildman–Crippen LogP) is -0.830. The maximum absolute atomic E-state index is 10.7. The minimum absolute atomic E-state index is 0. The van der Waals surface area contributed by atoms with Gasteiger partial charge in [-0.15, -0.1) is 0 Å². The van der Waals surface area contributed by atoms with E-state index >= 15 is 0 Å². The molecule has 0 fully saturated rings. The third-order valence-electron chi connectivity index (χ3n) is 1.90. The number of rotatable bonds is 4. The van der Waals surface area contributed by atoms with Crippen LogP contribution in [0.15, 0.2) is 12.1 Å². The molecule has 0 aromatic heterocycles. The summed E-state index contributed by atoms with van der Waals surface area (Å²) in [6.45, 7) is 1.23. The number of benzene rings is 1. The van der Waals surface area contributed by atoms with Gasteiger partial charge in [0.2, 0.25) is 0 Å². The summed E-state index contributed by atoms with van der Waals surface area (Å²) in [5, 5.41) is 22.0. The van der Waals surface area contributed by atoms with Gasteiger partial charge in [0.25, 0.3) is 5.69 Å². The summed E-state index contributed by atoms with van der Waals surface area (Å²) in [5.41, 5.74) is 0.473. The first-order valence-electron chi connectivity index (χ1n) is 4.32. The van der Waals surface area contributed by atoms with Crippen LogP contribution in [0.2, 0.25) is 5.02 Å². The maximum atomic E-state index is 10.7. The molecule has 1 rings (SSSR count). The standard InChI is InChI=1S/C9H9ClN2O4.Na.H/c1-5-2-8(12(15)16)7(3-6(5)10)11-4-9(13)14;;/h2-3,11H,4H2,1H3,(H,13,14);;/q;+1;-1. The number of anilines is 1. The van der Waals surface area contributed by atoms with Crippen molar-refractivity contribution in [2.75, 3.05) is 11.9 Å². The van der Waals surface area contributed by atoms with Gasteiger partial charge in [0.05, 0.1) is 4.92 Å². The second-order valence-corrected chi connectivity index (χ2v) is 3.53. The first-order valence-corrected chi connectivity index (χ1v) is 4.70. The molecule has 0 unspecified atom stereocenters. The number of carboxylic acid groups (broad SMARTS) is 1. The Balaban J connectivity index is 0. The van der Waals surface area contributed by atoms with Crippen LogP contribution < -0.4 is 34.9 Å². The van der Waals surface area contributed by atoms with Crippen molar-refractivity contribution in [3.05, 3.63) is 32.8 Å². The van der Waals surface area contributed by atoms with Crippen LogP contribution in [-0.4, -0.2) is 22.5 Å². The molecule has 17 heavy (non-hydrogen) atoms. The van der Waals surface area contributed by atoms with E-state index in [9.17, 15) is 14.9 Å².